The Morgan fingerprint density at radius 3 is 2.51 bits per heavy atom. The molecule has 0 aliphatic carbocycles. The van der Waals surface area contributed by atoms with Crippen LogP contribution in [0.3, 0.4) is 0 Å². The van der Waals surface area contributed by atoms with Crippen molar-refractivity contribution in [2.24, 2.45) is 0 Å². The maximum absolute atomic E-state index is 13.4. The molecule has 0 radical (unpaired) electrons. The molecule has 0 saturated carbocycles. The molecule has 3 heterocycles. The molecule has 3 N–H and O–H groups in total. The van der Waals surface area contributed by atoms with Crippen molar-refractivity contribution in [1.82, 2.24) is 25.4 Å². The quantitative estimate of drug-likeness (QED) is 0.347. The number of H-pyrrole nitrogens is 1. The van der Waals surface area contributed by atoms with Crippen LogP contribution in [0.15, 0.2) is 48.7 Å². The minimum atomic E-state index is -0.703. The van der Waals surface area contributed by atoms with E-state index in [9.17, 15) is 9.59 Å². The fraction of sp³-hybridized carbons (Fsp3) is 0.467. The molecular weight excluding hydrogens is 533 g/mol. The van der Waals surface area contributed by atoms with Gasteiger partial charge in [0, 0.05) is 49.2 Å². The molecule has 2 saturated heterocycles. The number of hydrogen-bond donors (Lipinski definition) is 3. The number of halogens is 2. The number of rotatable bonds is 9. The Bertz CT molecular complexity index is 1280. The van der Waals surface area contributed by atoms with E-state index in [-0.39, 0.29) is 11.8 Å². The predicted octanol–water partition coefficient (Wildman–Crippen LogP) is 4.77. The number of likely N-dealkylation sites (tertiary alicyclic amines) is 2. The lowest BCUT2D eigenvalue weighted by Gasteiger charge is -2.40. The number of aromatic amines is 1. The molecule has 2 amide bonds. The zero-order valence-electron chi connectivity index (χ0n) is 22.2. The summed E-state index contributed by atoms with van der Waals surface area (Å²) in [4.78, 5) is 34.7. The molecule has 7 nitrogen and oxygen atoms in total. The van der Waals surface area contributed by atoms with Crippen LogP contribution in [-0.4, -0.2) is 71.4 Å². The zero-order valence-corrected chi connectivity index (χ0v) is 23.7. The maximum atomic E-state index is 13.4. The highest BCUT2D eigenvalue weighted by molar-refractivity contribution is 6.42. The van der Waals surface area contributed by atoms with Gasteiger partial charge in [0.1, 0.15) is 6.04 Å². The molecule has 208 valence electrons. The second-order valence-electron chi connectivity index (χ2n) is 10.8. The molecule has 39 heavy (non-hydrogen) atoms. The highest BCUT2D eigenvalue weighted by Gasteiger charge is 2.28. The largest absolute Gasteiger partial charge is 0.361 e. The van der Waals surface area contributed by atoms with E-state index < -0.39 is 6.04 Å². The Labute approximate surface area is 240 Å². The fourth-order valence-corrected chi connectivity index (χ4v) is 6.18. The van der Waals surface area contributed by atoms with Crippen molar-refractivity contribution >= 4 is 45.9 Å². The van der Waals surface area contributed by atoms with Crippen LogP contribution in [-0.2, 0) is 22.6 Å². The van der Waals surface area contributed by atoms with Crippen molar-refractivity contribution in [3.8, 4) is 0 Å². The average Bonchev–Trinajstić information content (AvgIpc) is 3.37. The van der Waals surface area contributed by atoms with E-state index in [1.807, 2.05) is 36.5 Å². The van der Waals surface area contributed by atoms with E-state index in [0.717, 1.165) is 48.0 Å². The van der Waals surface area contributed by atoms with E-state index in [0.29, 0.717) is 35.6 Å². The molecule has 9 heteroatoms. The monoisotopic (exact) mass is 569 g/mol. The number of nitrogens with one attached hydrogen (secondary N) is 3. The van der Waals surface area contributed by atoms with Gasteiger partial charge in [-0.2, -0.15) is 0 Å². The molecule has 2 aromatic carbocycles. The number of piperidine rings is 2. The van der Waals surface area contributed by atoms with Crippen LogP contribution >= 0.6 is 23.2 Å². The van der Waals surface area contributed by atoms with Crippen LogP contribution < -0.4 is 10.6 Å². The smallest absolute Gasteiger partial charge is 0.243 e. The van der Waals surface area contributed by atoms with Crippen LogP contribution in [0.25, 0.3) is 10.9 Å². The summed E-state index contributed by atoms with van der Waals surface area (Å²) in [5.41, 5.74) is 2.83. The number of para-hydroxylation sites is 1. The molecule has 5 rings (SSSR count). The van der Waals surface area contributed by atoms with Gasteiger partial charge in [0.25, 0.3) is 0 Å². The van der Waals surface area contributed by atoms with Crippen molar-refractivity contribution in [2.75, 3.05) is 32.7 Å². The molecule has 0 spiro atoms. The summed E-state index contributed by atoms with van der Waals surface area (Å²) in [7, 11) is 0. The molecule has 0 bridgehead atoms. The lowest BCUT2D eigenvalue weighted by molar-refractivity contribution is -0.129. The first kappa shape index (κ1) is 28.0. The van der Waals surface area contributed by atoms with Crippen molar-refractivity contribution in [3.63, 3.8) is 0 Å². The molecular formula is C30H37Cl2N5O2. The Kier molecular flexibility index (Phi) is 9.45. The van der Waals surface area contributed by atoms with Crippen LogP contribution in [0.1, 0.15) is 43.2 Å². The summed E-state index contributed by atoms with van der Waals surface area (Å²) in [5, 5.41) is 7.97. The molecule has 1 unspecified atom stereocenters. The van der Waals surface area contributed by atoms with Gasteiger partial charge in [-0.25, -0.2) is 0 Å². The first-order valence-corrected chi connectivity index (χ1v) is 14.7. The Hall–Kier alpha value is -2.58. The summed E-state index contributed by atoms with van der Waals surface area (Å²) >= 11 is 12.2. The third-order valence-electron chi connectivity index (χ3n) is 8.03. The van der Waals surface area contributed by atoms with Crippen molar-refractivity contribution in [3.05, 3.63) is 69.8 Å². The van der Waals surface area contributed by atoms with Gasteiger partial charge in [-0.1, -0.05) is 53.9 Å². The van der Waals surface area contributed by atoms with Gasteiger partial charge in [-0.05, 0) is 68.1 Å². The van der Waals surface area contributed by atoms with E-state index in [2.05, 4.69) is 25.4 Å². The normalized spacial score (nSPS) is 18.2. The molecule has 3 aromatic rings. The lowest BCUT2D eigenvalue weighted by Crippen LogP contribution is -2.52. The van der Waals surface area contributed by atoms with Gasteiger partial charge in [0.15, 0.2) is 0 Å². The SMILES string of the molecule is O=C(CN1CCC(N2CCCCC2)CC1)NC(Cc1c[nH]c2ccccc12)C(=O)NCc1ccc(Cl)c(Cl)c1. The van der Waals surface area contributed by atoms with Crippen molar-refractivity contribution < 1.29 is 9.59 Å². The first-order valence-electron chi connectivity index (χ1n) is 14.0. The Balaban J connectivity index is 1.21. The van der Waals surface area contributed by atoms with Crippen LogP contribution in [0.2, 0.25) is 10.0 Å². The van der Waals surface area contributed by atoms with Crippen LogP contribution in [0.5, 0.6) is 0 Å². The minimum absolute atomic E-state index is 0.124. The zero-order chi connectivity index (χ0) is 27.2. The number of amides is 2. The average molecular weight is 571 g/mol. The predicted molar refractivity (Wildman–Crippen MR) is 157 cm³/mol. The number of carbonyl (C=O) groups is 2. The summed E-state index contributed by atoms with van der Waals surface area (Å²) in [6.45, 7) is 4.82. The van der Waals surface area contributed by atoms with E-state index in [1.54, 1.807) is 12.1 Å². The van der Waals surface area contributed by atoms with Gasteiger partial charge >= 0.3 is 0 Å². The maximum Gasteiger partial charge on any atom is 0.243 e. The number of aromatic nitrogens is 1. The van der Waals surface area contributed by atoms with Gasteiger partial charge in [-0.15, -0.1) is 0 Å². The van der Waals surface area contributed by atoms with E-state index in [4.69, 9.17) is 23.2 Å². The summed E-state index contributed by atoms with van der Waals surface area (Å²) in [5.74, 6) is -0.357. The topological polar surface area (TPSA) is 80.5 Å². The number of hydrogen-bond acceptors (Lipinski definition) is 4. The second-order valence-corrected chi connectivity index (χ2v) is 11.6. The molecule has 2 fully saturated rings. The highest BCUT2D eigenvalue weighted by Crippen LogP contribution is 2.23. The van der Waals surface area contributed by atoms with E-state index >= 15 is 0 Å². The molecule has 2 aliphatic rings. The summed E-state index contributed by atoms with van der Waals surface area (Å²) in [6.07, 6.45) is 8.44. The van der Waals surface area contributed by atoms with Crippen molar-refractivity contribution in [2.45, 2.75) is 57.2 Å². The number of nitrogens with zero attached hydrogens (tertiary/aromatic N) is 2. The van der Waals surface area contributed by atoms with Gasteiger partial charge in [0.05, 0.1) is 16.6 Å². The first-order chi connectivity index (χ1) is 19.0. The number of fused-ring (bicyclic) bond motifs is 1. The molecule has 1 aromatic heterocycles. The summed E-state index contributed by atoms with van der Waals surface area (Å²) < 4.78 is 0. The van der Waals surface area contributed by atoms with Gasteiger partial charge < -0.3 is 20.5 Å². The number of carbonyl (C=O) groups excluding carboxylic acids is 2. The van der Waals surface area contributed by atoms with Gasteiger partial charge in [-0.3, -0.25) is 14.5 Å². The second kappa shape index (κ2) is 13.2. The minimum Gasteiger partial charge on any atom is -0.361 e. The van der Waals surface area contributed by atoms with Crippen LogP contribution in [0.4, 0.5) is 0 Å². The highest BCUT2D eigenvalue weighted by atomic mass is 35.5. The Morgan fingerprint density at radius 1 is 0.974 bits per heavy atom. The molecule has 1 atom stereocenters. The Morgan fingerprint density at radius 2 is 1.74 bits per heavy atom. The van der Waals surface area contributed by atoms with E-state index in [1.165, 1.54) is 32.4 Å². The van der Waals surface area contributed by atoms with Crippen LogP contribution in [0, 0.1) is 0 Å². The fourth-order valence-electron chi connectivity index (χ4n) is 5.86. The standard InChI is InChI=1S/C30H37Cl2N5O2/c31-25-9-8-21(16-26(25)32)18-34-30(39)28(17-22-19-33-27-7-3-2-6-24(22)27)35-29(38)20-36-14-10-23(11-15-36)37-12-4-1-5-13-37/h2-3,6-9,16,19,23,28,33H,1,4-5,10-15,17-18,20H2,(H,34,39)(H,35,38). The van der Waals surface area contributed by atoms with Gasteiger partial charge in [0.2, 0.25) is 11.8 Å². The van der Waals surface area contributed by atoms with Crippen molar-refractivity contribution in [1.29, 1.82) is 0 Å². The summed E-state index contributed by atoms with van der Waals surface area (Å²) in [6, 6.07) is 13.2. The number of benzene rings is 2. The molecule has 2 aliphatic heterocycles. The third-order valence-corrected chi connectivity index (χ3v) is 8.77. The third kappa shape index (κ3) is 7.34. The lowest BCUT2D eigenvalue weighted by atomic mass is 10.00.